The van der Waals surface area contributed by atoms with Crippen molar-refractivity contribution >= 4 is 34.0 Å². The molecule has 7 nitrogen and oxygen atoms in total. The molecule has 1 saturated heterocycles. The van der Waals surface area contributed by atoms with Gasteiger partial charge in [-0.2, -0.15) is 0 Å². The van der Waals surface area contributed by atoms with Crippen LogP contribution in [0.2, 0.25) is 0 Å². The van der Waals surface area contributed by atoms with Crippen LogP contribution in [0.15, 0.2) is 83.5 Å². The Morgan fingerprint density at radius 3 is 2.24 bits per heavy atom. The van der Waals surface area contributed by atoms with Gasteiger partial charge in [-0.15, -0.1) is 0 Å². The lowest BCUT2D eigenvalue weighted by Crippen LogP contribution is -2.48. The summed E-state index contributed by atoms with van der Waals surface area (Å²) in [6.07, 6.45) is 1.51. The predicted molar refractivity (Wildman–Crippen MR) is 132 cm³/mol. The third kappa shape index (κ3) is 4.32. The number of ether oxygens (including phenoxy) is 1. The Morgan fingerprint density at radius 2 is 1.59 bits per heavy atom. The Bertz CT molecular complexity index is 1310. The van der Waals surface area contributed by atoms with Crippen LogP contribution in [0.1, 0.15) is 20.9 Å². The summed E-state index contributed by atoms with van der Waals surface area (Å²) in [7, 11) is 1.57. The van der Waals surface area contributed by atoms with Gasteiger partial charge < -0.3 is 24.3 Å². The molecule has 0 aliphatic carbocycles. The molecule has 34 heavy (non-hydrogen) atoms. The molecule has 0 atom stereocenters. The van der Waals surface area contributed by atoms with Crippen molar-refractivity contribution in [1.82, 2.24) is 4.90 Å². The maximum absolute atomic E-state index is 13.0. The molecule has 4 aromatic rings. The molecule has 0 unspecified atom stereocenters. The number of piperazine rings is 1. The summed E-state index contributed by atoms with van der Waals surface area (Å²) in [5.74, 6) is 0.610. The minimum Gasteiger partial charge on any atom is -0.496 e. The van der Waals surface area contributed by atoms with Crippen LogP contribution in [0.4, 0.5) is 11.4 Å². The van der Waals surface area contributed by atoms with Crippen LogP contribution < -0.4 is 15.0 Å². The van der Waals surface area contributed by atoms with E-state index in [1.165, 1.54) is 6.26 Å². The molecule has 2 heterocycles. The third-order valence-electron chi connectivity index (χ3n) is 6.10. The van der Waals surface area contributed by atoms with Crippen LogP contribution in [0.3, 0.4) is 0 Å². The molecule has 1 aromatic heterocycles. The quantitative estimate of drug-likeness (QED) is 0.474. The van der Waals surface area contributed by atoms with Gasteiger partial charge >= 0.3 is 0 Å². The van der Waals surface area contributed by atoms with Gasteiger partial charge in [0.25, 0.3) is 11.8 Å². The van der Waals surface area contributed by atoms with E-state index in [-0.39, 0.29) is 11.8 Å². The smallest absolute Gasteiger partial charge is 0.289 e. The number of amides is 2. The van der Waals surface area contributed by atoms with Gasteiger partial charge in [-0.1, -0.05) is 24.3 Å². The van der Waals surface area contributed by atoms with Crippen molar-refractivity contribution in [1.29, 1.82) is 0 Å². The average Bonchev–Trinajstić information content (AvgIpc) is 3.43. The second-order valence-corrected chi connectivity index (χ2v) is 8.16. The molecular formula is C27H25N3O4. The van der Waals surface area contributed by atoms with E-state index >= 15 is 0 Å². The van der Waals surface area contributed by atoms with Crippen molar-refractivity contribution in [2.24, 2.45) is 0 Å². The summed E-state index contributed by atoms with van der Waals surface area (Å²) in [5.41, 5.74) is 2.24. The first-order chi connectivity index (χ1) is 16.6. The van der Waals surface area contributed by atoms with Gasteiger partial charge in [0.05, 0.1) is 18.9 Å². The van der Waals surface area contributed by atoms with Gasteiger partial charge in [-0.25, -0.2) is 0 Å². The first kappa shape index (κ1) is 21.6. The van der Waals surface area contributed by atoms with E-state index in [1.807, 2.05) is 60.7 Å². The number of hydrogen-bond acceptors (Lipinski definition) is 5. The summed E-state index contributed by atoms with van der Waals surface area (Å²) < 4.78 is 10.7. The summed E-state index contributed by atoms with van der Waals surface area (Å²) in [6, 6.07) is 22.8. The number of nitrogens with zero attached hydrogens (tertiary/aromatic N) is 2. The van der Waals surface area contributed by atoms with E-state index in [0.717, 1.165) is 29.5 Å². The second-order valence-electron chi connectivity index (χ2n) is 8.16. The summed E-state index contributed by atoms with van der Waals surface area (Å²) in [4.78, 5) is 29.5. The highest BCUT2D eigenvalue weighted by molar-refractivity contribution is 6.08. The van der Waals surface area contributed by atoms with E-state index in [4.69, 9.17) is 9.15 Å². The Morgan fingerprint density at radius 1 is 0.882 bits per heavy atom. The van der Waals surface area contributed by atoms with Crippen LogP contribution in [0, 0.1) is 0 Å². The maximum atomic E-state index is 13.0. The molecule has 2 amide bonds. The fraction of sp³-hybridized carbons (Fsp3) is 0.185. The van der Waals surface area contributed by atoms with Gasteiger partial charge in [0.2, 0.25) is 0 Å². The molecule has 1 aliphatic heterocycles. The molecule has 1 aliphatic rings. The molecule has 1 N–H and O–H groups in total. The average molecular weight is 456 g/mol. The topological polar surface area (TPSA) is 75.0 Å². The highest BCUT2D eigenvalue weighted by Gasteiger charge is 2.24. The number of hydrogen-bond donors (Lipinski definition) is 1. The Hall–Kier alpha value is -4.26. The number of anilines is 2. The van der Waals surface area contributed by atoms with Crippen molar-refractivity contribution in [3.05, 3.63) is 90.4 Å². The number of benzene rings is 3. The van der Waals surface area contributed by atoms with Crippen molar-refractivity contribution < 1.29 is 18.7 Å². The van der Waals surface area contributed by atoms with Crippen molar-refractivity contribution in [2.45, 2.75) is 0 Å². The maximum Gasteiger partial charge on any atom is 0.289 e. The van der Waals surface area contributed by atoms with Crippen molar-refractivity contribution in [2.75, 3.05) is 43.5 Å². The molecule has 0 spiro atoms. The molecular weight excluding hydrogens is 430 g/mol. The van der Waals surface area contributed by atoms with Gasteiger partial charge in [-0.3, -0.25) is 9.59 Å². The lowest BCUT2D eigenvalue weighted by molar-refractivity contribution is 0.0714. The molecule has 1 fully saturated rings. The SMILES string of the molecule is COc1cc2ccccc2cc1C(=O)Nc1ccc(N2CCN(C(=O)c3ccco3)CC2)cc1. The lowest BCUT2D eigenvalue weighted by Gasteiger charge is -2.35. The standard InChI is InChI=1S/C27H25N3O4/c1-33-25-18-20-6-3-2-5-19(20)17-23(25)26(31)28-21-8-10-22(11-9-21)29-12-14-30(15-13-29)27(32)24-7-4-16-34-24/h2-11,16-18H,12-15H2,1H3,(H,28,31). The van der Waals surface area contributed by atoms with Crippen LogP contribution in [-0.4, -0.2) is 50.0 Å². The van der Waals surface area contributed by atoms with Crippen molar-refractivity contribution in [3.8, 4) is 5.75 Å². The number of methoxy groups -OCH3 is 1. The van der Waals surface area contributed by atoms with E-state index < -0.39 is 0 Å². The molecule has 0 saturated carbocycles. The number of furan rings is 1. The van der Waals surface area contributed by atoms with Gasteiger partial charge in [0, 0.05) is 37.6 Å². The zero-order valence-electron chi connectivity index (χ0n) is 18.9. The monoisotopic (exact) mass is 455 g/mol. The Balaban J connectivity index is 1.23. The van der Waals surface area contributed by atoms with E-state index in [1.54, 1.807) is 24.1 Å². The minimum absolute atomic E-state index is 0.0770. The van der Waals surface area contributed by atoms with Crippen LogP contribution >= 0.6 is 0 Å². The second kappa shape index (κ2) is 9.31. The third-order valence-corrected chi connectivity index (χ3v) is 6.10. The van der Waals surface area contributed by atoms with E-state index in [2.05, 4.69) is 10.2 Å². The number of carbonyl (C=O) groups is 2. The fourth-order valence-corrected chi connectivity index (χ4v) is 4.24. The fourth-order valence-electron chi connectivity index (χ4n) is 4.24. The van der Waals surface area contributed by atoms with Gasteiger partial charge in [0.15, 0.2) is 5.76 Å². The highest BCUT2D eigenvalue weighted by atomic mass is 16.5. The summed E-state index contributed by atoms with van der Waals surface area (Å²) >= 11 is 0. The number of fused-ring (bicyclic) bond motifs is 1. The zero-order valence-corrected chi connectivity index (χ0v) is 18.9. The van der Waals surface area contributed by atoms with E-state index in [0.29, 0.717) is 35.9 Å². The molecule has 0 radical (unpaired) electrons. The molecule has 172 valence electrons. The normalized spacial score (nSPS) is 13.7. The predicted octanol–water partition coefficient (Wildman–Crippen LogP) is 4.66. The van der Waals surface area contributed by atoms with E-state index in [9.17, 15) is 9.59 Å². The first-order valence-corrected chi connectivity index (χ1v) is 11.2. The largest absolute Gasteiger partial charge is 0.496 e. The molecule has 3 aromatic carbocycles. The number of carbonyl (C=O) groups excluding carboxylic acids is 2. The van der Waals surface area contributed by atoms with Gasteiger partial charge in [-0.05, 0) is 59.3 Å². The lowest BCUT2D eigenvalue weighted by atomic mass is 10.1. The summed E-state index contributed by atoms with van der Waals surface area (Å²) in [5, 5.41) is 4.96. The first-order valence-electron chi connectivity index (χ1n) is 11.2. The Labute approximate surface area is 197 Å². The minimum atomic E-state index is -0.222. The highest BCUT2D eigenvalue weighted by Crippen LogP contribution is 2.27. The summed E-state index contributed by atoms with van der Waals surface area (Å²) in [6.45, 7) is 2.71. The Kier molecular flexibility index (Phi) is 5.91. The zero-order chi connectivity index (χ0) is 23.5. The number of nitrogens with one attached hydrogen (secondary N) is 1. The number of rotatable bonds is 5. The van der Waals surface area contributed by atoms with Gasteiger partial charge in [0.1, 0.15) is 5.75 Å². The van der Waals surface area contributed by atoms with Crippen LogP contribution in [0.25, 0.3) is 10.8 Å². The van der Waals surface area contributed by atoms with Crippen LogP contribution in [0.5, 0.6) is 5.75 Å². The molecule has 0 bridgehead atoms. The molecule has 7 heteroatoms. The molecule has 5 rings (SSSR count). The van der Waals surface area contributed by atoms with Crippen LogP contribution in [-0.2, 0) is 0 Å². The van der Waals surface area contributed by atoms with Crippen molar-refractivity contribution in [3.63, 3.8) is 0 Å².